The molecule has 1 aliphatic rings. The van der Waals surface area contributed by atoms with Crippen LogP contribution in [0.3, 0.4) is 0 Å². The lowest BCUT2D eigenvalue weighted by atomic mass is 9.96. The summed E-state index contributed by atoms with van der Waals surface area (Å²) in [5, 5.41) is 3.93. The molecule has 140 valence electrons. The normalized spacial score (nSPS) is 14.7. The zero-order valence-corrected chi connectivity index (χ0v) is 15.7. The number of nitrogens with zero attached hydrogens (tertiary/aromatic N) is 3. The van der Waals surface area contributed by atoms with Gasteiger partial charge in [-0.25, -0.2) is 23.4 Å². The maximum absolute atomic E-state index is 11.8. The summed E-state index contributed by atoms with van der Waals surface area (Å²) in [5.41, 5.74) is 1.69. The summed E-state index contributed by atoms with van der Waals surface area (Å²) >= 11 is 0. The van der Waals surface area contributed by atoms with Crippen molar-refractivity contribution in [2.24, 2.45) is 0 Å². The lowest BCUT2D eigenvalue weighted by molar-refractivity contribution is 0.114. The van der Waals surface area contributed by atoms with Crippen LogP contribution in [0.15, 0.2) is 47.8 Å². The molecule has 0 unspecified atom stereocenters. The summed E-state index contributed by atoms with van der Waals surface area (Å²) < 4.78 is 29.5. The van der Waals surface area contributed by atoms with Crippen LogP contribution in [0.4, 0.5) is 5.82 Å². The van der Waals surface area contributed by atoms with Gasteiger partial charge in [-0.2, -0.15) is 0 Å². The van der Waals surface area contributed by atoms with Gasteiger partial charge in [-0.05, 0) is 49.1 Å². The van der Waals surface area contributed by atoms with Crippen LogP contribution in [0.5, 0.6) is 5.88 Å². The quantitative estimate of drug-likeness (QED) is 0.698. The number of pyridine rings is 1. The summed E-state index contributed by atoms with van der Waals surface area (Å²) in [6.07, 6.45) is 8.03. The topological polar surface area (TPSA) is 94.1 Å². The summed E-state index contributed by atoms with van der Waals surface area (Å²) in [6.45, 7) is 0.513. The Morgan fingerprint density at radius 2 is 2.00 bits per heavy atom. The summed E-state index contributed by atoms with van der Waals surface area (Å²) in [5.74, 6) is 1.22. The number of ether oxygens (including phenoxy) is 1. The maximum atomic E-state index is 11.8. The highest BCUT2D eigenvalue weighted by atomic mass is 32.2. The molecule has 0 amide bonds. The van der Waals surface area contributed by atoms with Crippen molar-refractivity contribution in [2.45, 2.75) is 36.8 Å². The second-order valence-electron chi connectivity index (χ2n) is 6.70. The molecule has 2 aromatic heterocycles. The molecule has 0 atom stereocenters. The van der Waals surface area contributed by atoms with Gasteiger partial charge in [0, 0.05) is 30.4 Å². The van der Waals surface area contributed by atoms with Gasteiger partial charge in [0.1, 0.15) is 18.2 Å². The third-order valence-electron chi connectivity index (χ3n) is 4.63. The van der Waals surface area contributed by atoms with Gasteiger partial charge in [0.15, 0.2) is 9.84 Å². The fourth-order valence-electron chi connectivity index (χ4n) is 2.88. The molecule has 7 nitrogen and oxygen atoms in total. The molecule has 0 radical (unpaired) electrons. The number of rotatable bonds is 6. The van der Waals surface area contributed by atoms with Gasteiger partial charge in [-0.3, -0.25) is 0 Å². The van der Waals surface area contributed by atoms with E-state index < -0.39 is 9.84 Å². The zero-order valence-electron chi connectivity index (χ0n) is 14.9. The first-order valence-corrected chi connectivity index (χ1v) is 10.7. The van der Waals surface area contributed by atoms with Crippen LogP contribution >= 0.6 is 0 Å². The standard InChI is InChI=1S/C19H20N4O3S/c1-27(24,25)15-5-6-17-16(10-15)19(23-12-22-17)21-11-13-7-8-20-18(9-13)26-14-3-2-4-14/h5-10,12,14H,2-4,11H2,1H3,(H,21,22,23). The molecule has 0 aliphatic heterocycles. The van der Waals surface area contributed by atoms with Crippen LogP contribution in [0.25, 0.3) is 10.9 Å². The molecule has 1 fully saturated rings. The number of hydrogen-bond donors (Lipinski definition) is 1. The van der Waals surface area contributed by atoms with E-state index in [1.54, 1.807) is 24.4 Å². The number of hydrogen-bond acceptors (Lipinski definition) is 7. The van der Waals surface area contributed by atoms with Gasteiger partial charge in [0.2, 0.25) is 5.88 Å². The molecule has 1 aromatic carbocycles. The zero-order chi connectivity index (χ0) is 18.9. The van der Waals surface area contributed by atoms with E-state index in [1.165, 1.54) is 19.0 Å². The molecule has 1 saturated carbocycles. The Hall–Kier alpha value is -2.74. The van der Waals surface area contributed by atoms with E-state index in [2.05, 4.69) is 20.3 Å². The minimum absolute atomic E-state index is 0.243. The number of anilines is 1. The summed E-state index contributed by atoms with van der Waals surface area (Å²) in [7, 11) is -3.30. The molecular formula is C19H20N4O3S. The Morgan fingerprint density at radius 3 is 2.74 bits per heavy atom. The highest BCUT2D eigenvalue weighted by Gasteiger charge is 2.19. The molecule has 0 saturated heterocycles. The average molecular weight is 384 g/mol. The fraction of sp³-hybridized carbons (Fsp3) is 0.316. The van der Waals surface area contributed by atoms with Crippen LogP contribution in [0.1, 0.15) is 24.8 Å². The molecule has 4 rings (SSSR count). The van der Waals surface area contributed by atoms with Crippen molar-refractivity contribution in [1.29, 1.82) is 0 Å². The van der Waals surface area contributed by atoms with E-state index in [1.807, 2.05) is 12.1 Å². The molecule has 27 heavy (non-hydrogen) atoms. The minimum Gasteiger partial charge on any atom is -0.474 e. The number of sulfone groups is 1. The van der Waals surface area contributed by atoms with E-state index in [9.17, 15) is 8.42 Å². The molecule has 8 heteroatoms. The van der Waals surface area contributed by atoms with Gasteiger partial charge < -0.3 is 10.1 Å². The fourth-order valence-corrected chi connectivity index (χ4v) is 3.52. The van der Waals surface area contributed by atoms with Gasteiger partial charge in [0.05, 0.1) is 10.4 Å². The van der Waals surface area contributed by atoms with Crippen LogP contribution in [0, 0.1) is 0 Å². The molecule has 0 bridgehead atoms. The maximum Gasteiger partial charge on any atom is 0.213 e. The second-order valence-corrected chi connectivity index (χ2v) is 8.72. The highest BCUT2D eigenvalue weighted by Crippen LogP contribution is 2.25. The Bertz CT molecular complexity index is 1080. The summed E-state index contributed by atoms with van der Waals surface area (Å²) in [4.78, 5) is 13.0. The van der Waals surface area contributed by atoms with Crippen molar-refractivity contribution in [3.8, 4) is 5.88 Å². The lowest BCUT2D eigenvalue weighted by Crippen LogP contribution is -2.25. The molecule has 3 aromatic rings. The number of benzene rings is 1. The first kappa shape index (κ1) is 17.7. The third-order valence-corrected chi connectivity index (χ3v) is 5.74. The van der Waals surface area contributed by atoms with E-state index in [0.717, 1.165) is 18.4 Å². The number of nitrogens with one attached hydrogen (secondary N) is 1. The lowest BCUT2D eigenvalue weighted by Gasteiger charge is -2.25. The van der Waals surface area contributed by atoms with Crippen molar-refractivity contribution in [2.75, 3.05) is 11.6 Å². The van der Waals surface area contributed by atoms with Crippen molar-refractivity contribution < 1.29 is 13.2 Å². The van der Waals surface area contributed by atoms with E-state index in [0.29, 0.717) is 29.1 Å². The summed E-state index contributed by atoms with van der Waals surface area (Å²) in [6, 6.07) is 8.67. The molecular weight excluding hydrogens is 364 g/mol. The first-order chi connectivity index (χ1) is 13.0. The van der Waals surface area contributed by atoms with Crippen molar-refractivity contribution in [1.82, 2.24) is 15.0 Å². The van der Waals surface area contributed by atoms with Gasteiger partial charge >= 0.3 is 0 Å². The molecule has 1 aliphatic carbocycles. The smallest absolute Gasteiger partial charge is 0.213 e. The van der Waals surface area contributed by atoms with E-state index in [-0.39, 0.29) is 11.0 Å². The Labute approximate surface area is 157 Å². The van der Waals surface area contributed by atoms with Crippen LogP contribution in [0.2, 0.25) is 0 Å². The second kappa shape index (κ2) is 7.11. The largest absolute Gasteiger partial charge is 0.474 e. The molecule has 0 spiro atoms. The number of fused-ring (bicyclic) bond motifs is 1. The molecule has 1 N–H and O–H groups in total. The van der Waals surface area contributed by atoms with Gasteiger partial charge in [-0.15, -0.1) is 0 Å². The number of aromatic nitrogens is 3. The Balaban J connectivity index is 1.55. The predicted octanol–water partition coefficient (Wildman–Crippen LogP) is 2.97. The van der Waals surface area contributed by atoms with Crippen LogP contribution in [-0.2, 0) is 16.4 Å². The van der Waals surface area contributed by atoms with Crippen molar-refractivity contribution >= 4 is 26.6 Å². The van der Waals surface area contributed by atoms with Gasteiger partial charge in [0.25, 0.3) is 0 Å². The monoisotopic (exact) mass is 384 g/mol. The van der Waals surface area contributed by atoms with Crippen molar-refractivity contribution in [3.63, 3.8) is 0 Å². The van der Waals surface area contributed by atoms with E-state index in [4.69, 9.17) is 4.74 Å². The third kappa shape index (κ3) is 4.00. The van der Waals surface area contributed by atoms with Crippen LogP contribution < -0.4 is 10.1 Å². The Kier molecular flexibility index (Phi) is 4.65. The van der Waals surface area contributed by atoms with Crippen LogP contribution in [-0.4, -0.2) is 35.7 Å². The Morgan fingerprint density at radius 1 is 1.15 bits per heavy atom. The SMILES string of the molecule is CS(=O)(=O)c1ccc2ncnc(NCc3ccnc(OC4CCC4)c3)c2c1. The van der Waals surface area contributed by atoms with Gasteiger partial charge in [-0.1, -0.05) is 0 Å². The minimum atomic E-state index is -3.30. The molecule has 2 heterocycles. The van der Waals surface area contributed by atoms with E-state index >= 15 is 0 Å². The predicted molar refractivity (Wildman–Crippen MR) is 102 cm³/mol. The average Bonchev–Trinajstić information content (AvgIpc) is 2.62. The van der Waals surface area contributed by atoms with Crippen molar-refractivity contribution in [3.05, 3.63) is 48.4 Å². The first-order valence-electron chi connectivity index (χ1n) is 8.79. The highest BCUT2D eigenvalue weighted by molar-refractivity contribution is 7.90.